The normalized spacial score (nSPS) is 16.8. The summed E-state index contributed by atoms with van der Waals surface area (Å²) in [6.07, 6.45) is 4.81. The molecule has 13 heteroatoms. The number of amides is 2. The van der Waals surface area contributed by atoms with E-state index in [-0.39, 0.29) is 17.0 Å². The maximum absolute atomic E-state index is 14.2. The summed E-state index contributed by atoms with van der Waals surface area (Å²) in [5.41, 5.74) is 2.95. The molecule has 0 radical (unpaired) electrons. The minimum Gasteiger partial charge on any atom is -0.439 e. The van der Waals surface area contributed by atoms with Crippen LogP contribution in [0.25, 0.3) is 0 Å². The summed E-state index contributed by atoms with van der Waals surface area (Å²) in [5.74, 6) is 0.513. The lowest BCUT2D eigenvalue weighted by Crippen LogP contribution is -2.49. The second kappa shape index (κ2) is 14.8. The second-order valence-electron chi connectivity index (χ2n) is 12.3. The zero-order valence-electron chi connectivity index (χ0n) is 27.1. The molecule has 2 saturated heterocycles. The van der Waals surface area contributed by atoms with Crippen LogP contribution in [0, 0.1) is 12.7 Å². The molecule has 2 aliphatic rings. The first kappa shape index (κ1) is 33.5. The van der Waals surface area contributed by atoms with Crippen LogP contribution in [0.2, 0.25) is 0 Å². The van der Waals surface area contributed by atoms with E-state index >= 15 is 0 Å². The molecular weight excluding hydrogens is 633 g/mol. The molecule has 2 amide bonds. The highest BCUT2D eigenvalue weighted by molar-refractivity contribution is 7.89. The number of carbonyl (C=O) groups excluding carboxylic acids is 1. The number of benzene rings is 2. The van der Waals surface area contributed by atoms with Gasteiger partial charge in [0.15, 0.2) is 0 Å². The van der Waals surface area contributed by atoms with Crippen LogP contribution in [0.1, 0.15) is 24.1 Å². The Balaban J connectivity index is 1.03. The molecule has 1 N–H and O–H groups in total. The molecule has 48 heavy (non-hydrogen) atoms. The molecule has 0 unspecified atom stereocenters. The number of rotatable bonds is 9. The summed E-state index contributed by atoms with van der Waals surface area (Å²) in [6, 6.07) is 19.5. The first-order valence-corrected chi connectivity index (χ1v) is 17.5. The van der Waals surface area contributed by atoms with Crippen LogP contribution in [0.5, 0.6) is 11.6 Å². The Kier molecular flexibility index (Phi) is 10.3. The van der Waals surface area contributed by atoms with Gasteiger partial charge in [-0.25, -0.2) is 22.6 Å². The van der Waals surface area contributed by atoms with Gasteiger partial charge in [0.1, 0.15) is 11.6 Å². The molecule has 4 heterocycles. The average molecular weight is 674 g/mol. The van der Waals surface area contributed by atoms with Crippen LogP contribution >= 0.6 is 0 Å². The molecule has 11 nitrogen and oxygen atoms in total. The van der Waals surface area contributed by atoms with Crippen molar-refractivity contribution in [2.45, 2.75) is 37.2 Å². The maximum Gasteiger partial charge on any atom is 0.326 e. The number of hydrogen-bond acceptors (Lipinski definition) is 8. The molecule has 0 saturated carbocycles. The number of hydrogen-bond donors (Lipinski definition) is 1. The first-order chi connectivity index (χ1) is 23.1. The van der Waals surface area contributed by atoms with E-state index in [0.717, 1.165) is 24.3 Å². The number of aromatic nitrogens is 2. The molecule has 2 aromatic heterocycles. The molecule has 0 aliphatic carbocycles. The maximum atomic E-state index is 14.2. The van der Waals surface area contributed by atoms with Crippen molar-refractivity contribution in [3.05, 3.63) is 102 Å². The topological polar surface area (TPSA) is 111 Å². The minimum atomic E-state index is -3.55. The average Bonchev–Trinajstić information content (AvgIpc) is 3.08. The van der Waals surface area contributed by atoms with Gasteiger partial charge in [-0.1, -0.05) is 12.1 Å². The number of ether oxygens (including phenoxy) is 1. The highest BCUT2D eigenvalue weighted by Gasteiger charge is 2.30. The van der Waals surface area contributed by atoms with Crippen LogP contribution < -0.4 is 15.0 Å². The zero-order valence-corrected chi connectivity index (χ0v) is 27.9. The number of pyridine rings is 2. The molecule has 0 atom stereocenters. The van der Waals surface area contributed by atoms with Crippen LogP contribution in [0.4, 0.5) is 20.6 Å². The Bertz CT molecular complexity index is 1790. The molecular formula is C35H40FN7O4S. The highest BCUT2D eigenvalue weighted by atomic mass is 32.2. The summed E-state index contributed by atoms with van der Waals surface area (Å²) in [5, 5.41) is 2.92. The number of piperazine rings is 1. The number of piperidine rings is 1. The summed E-state index contributed by atoms with van der Waals surface area (Å²) in [4.78, 5) is 28.5. The van der Waals surface area contributed by atoms with Gasteiger partial charge < -0.3 is 15.0 Å². The van der Waals surface area contributed by atoms with Crippen molar-refractivity contribution in [1.82, 2.24) is 24.1 Å². The smallest absolute Gasteiger partial charge is 0.326 e. The van der Waals surface area contributed by atoms with Gasteiger partial charge in [0.25, 0.3) is 0 Å². The number of likely N-dealkylation sites (tertiary alicyclic amines) is 1. The lowest BCUT2D eigenvalue weighted by Gasteiger charge is -2.38. The van der Waals surface area contributed by atoms with Gasteiger partial charge >= 0.3 is 6.03 Å². The van der Waals surface area contributed by atoms with E-state index < -0.39 is 15.8 Å². The fourth-order valence-electron chi connectivity index (χ4n) is 5.98. The Morgan fingerprint density at radius 1 is 0.938 bits per heavy atom. The summed E-state index contributed by atoms with van der Waals surface area (Å²) in [6.45, 7) is 6.42. The van der Waals surface area contributed by atoms with Crippen molar-refractivity contribution in [3.8, 4) is 11.6 Å². The van der Waals surface area contributed by atoms with Gasteiger partial charge in [0.05, 0.1) is 16.8 Å². The lowest BCUT2D eigenvalue weighted by molar-refractivity contribution is 0.199. The molecule has 2 aliphatic heterocycles. The fourth-order valence-corrected chi connectivity index (χ4v) is 7.40. The quantitative estimate of drug-likeness (QED) is 0.253. The van der Waals surface area contributed by atoms with E-state index in [2.05, 4.69) is 25.1 Å². The van der Waals surface area contributed by atoms with Gasteiger partial charge in [-0.2, -0.15) is 4.31 Å². The van der Waals surface area contributed by atoms with Gasteiger partial charge in [0.2, 0.25) is 15.9 Å². The van der Waals surface area contributed by atoms with E-state index in [0.29, 0.717) is 68.6 Å². The fraction of sp³-hybridized carbons (Fsp3) is 0.343. The van der Waals surface area contributed by atoms with Crippen LogP contribution in [-0.2, 0) is 16.6 Å². The van der Waals surface area contributed by atoms with E-state index in [4.69, 9.17) is 4.74 Å². The standard InChI is InChI=1S/C35H40FN7O4S/c1-26-6-8-29(24-37-26)39-35(44)43(31-5-3-4-28(36)22-31)30-14-16-41(17-15-30)25-27-7-13-34(38-23-27)47-32-9-11-33(12-10-32)48(45,46)42-20-18-40(2)19-21-42/h3-13,22-24,30H,14-21,25H2,1-2H3,(H,39,44). The van der Waals surface area contributed by atoms with Gasteiger partial charge in [-0.05, 0) is 87.0 Å². The number of nitrogens with one attached hydrogen (secondary N) is 1. The van der Waals surface area contributed by atoms with Crippen molar-refractivity contribution >= 4 is 27.4 Å². The van der Waals surface area contributed by atoms with Gasteiger partial charge in [-0.15, -0.1) is 0 Å². The molecule has 0 spiro atoms. The highest BCUT2D eigenvalue weighted by Crippen LogP contribution is 2.28. The molecule has 2 aromatic carbocycles. The van der Waals surface area contributed by atoms with E-state index in [1.807, 2.05) is 26.1 Å². The first-order valence-electron chi connectivity index (χ1n) is 16.1. The summed E-state index contributed by atoms with van der Waals surface area (Å²) in [7, 11) is -1.56. The van der Waals surface area contributed by atoms with Crippen molar-refractivity contribution in [2.24, 2.45) is 0 Å². The number of urea groups is 1. The predicted octanol–water partition coefficient (Wildman–Crippen LogP) is 5.36. The van der Waals surface area contributed by atoms with Crippen LogP contribution in [0.3, 0.4) is 0 Å². The number of halogens is 1. The molecule has 6 rings (SSSR count). The molecule has 2 fully saturated rings. The molecule has 4 aromatic rings. The lowest BCUT2D eigenvalue weighted by atomic mass is 10.0. The number of nitrogens with zero attached hydrogens (tertiary/aromatic N) is 6. The Morgan fingerprint density at radius 2 is 1.69 bits per heavy atom. The van der Waals surface area contributed by atoms with Crippen molar-refractivity contribution in [3.63, 3.8) is 0 Å². The van der Waals surface area contributed by atoms with Crippen molar-refractivity contribution in [1.29, 1.82) is 0 Å². The van der Waals surface area contributed by atoms with Gasteiger partial charge in [-0.3, -0.25) is 14.8 Å². The van der Waals surface area contributed by atoms with Gasteiger partial charge in [0, 0.05) is 75.5 Å². The molecule has 252 valence electrons. The third-order valence-electron chi connectivity index (χ3n) is 8.74. The van der Waals surface area contributed by atoms with Crippen molar-refractivity contribution in [2.75, 3.05) is 56.5 Å². The third-order valence-corrected chi connectivity index (χ3v) is 10.7. The van der Waals surface area contributed by atoms with E-state index in [1.54, 1.807) is 65.8 Å². The summed E-state index contributed by atoms with van der Waals surface area (Å²) >= 11 is 0. The number of aryl methyl sites for hydroxylation is 1. The predicted molar refractivity (Wildman–Crippen MR) is 182 cm³/mol. The number of sulfonamides is 1. The number of carbonyl (C=O) groups is 1. The van der Waals surface area contributed by atoms with Crippen LogP contribution in [0.15, 0.2) is 90.1 Å². The minimum absolute atomic E-state index is 0.113. The third kappa shape index (κ3) is 8.16. The number of anilines is 2. The zero-order chi connectivity index (χ0) is 33.7. The SMILES string of the molecule is Cc1ccc(NC(=O)N(c2cccc(F)c2)C2CCN(Cc3ccc(Oc4ccc(S(=O)(=O)N5CCN(C)CC5)cc4)nc3)CC2)cn1. The van der Waals surface area contributed by atoms with Crippen molar-refractivity contribution < 1.29 is 22.3 Å². The Morgan fingerprint density at radius 3 is 2.33 bits per heavy atom. The second-order valence-corrected chi connectivity index (χ2v) is 14.2. The van der Waals surface area contributed by atoms with E-state index in [1.165, 1.54) is 16.4 Å². The van der Waals surface area contributed by atoms with E-state index in [9.17, 15) is 17.6 Å². The monoisotopic (exact) mass is 673 g/mol. The molecule has 0 bridgehead atoms. The summed E-state index contributed by atoms with van der Waals surface area (Å²) < 4.78 is 47.6. The Hall–Kier alpha value is -4.43. The van der Waals surface area contributed by atoms with Crippen LogP contribution in [-0.4, -0.2) is 90.9 Å². The number of likely N-dealkylation sites (N-methyl/N-ethyl adjacent to an activating group) is 1. The largest absolute Gasteiger partial charge is 0.439 e. The Labute approximate surface area is 281 Å².